The van der Waals surface area contributed by atoms with Crippen LogP contribution in [-0.4, -0.2) is 60.5 Å². The molecule has 0 saturated carbocycles. The molecule has 57 heavy (non-hydrogen) atoms. The first-order valence-electron chi connectivity index (χ1n) is 21.6. The molecule has 0 fully saturated rings. The molecule has 0 amide bonds. The lowest BCUT2D eigenvalue weighted by molar-refractivity contribution is -0.161. The third-order valence-electron chi connectivity index (χ3n) is 9.49. The highest BCUT2D eigenvalue weighted by atomic mass is 31.2. The van der Waals surface area contributed by atoms with Crippen molar-refractivity contribution in [3.63, 3.8) is 0 Å². The molecule has 1 unspecified atom stereocenters. The van der Waals surface area contributed by atoms with E-state index in [1.54, 1.807) is 0 Å². The molecule has 0 aromatic carbocycles. The number of phosphoric ester groups is 1. The maximum absolute atomic E-state index is 12.7. The first-order chi connectivity index (χ1) is 27.5. The lowest BCUT2D eigenvalue weighted by Crippen LogP contribution is -2.29. The van der Waals surface area contributed by atoms with E-state index in [2.05, 4.69) is 52.0 Å². The molecule has 11 nitrogen and oxygen atoms in total. The molecule has 1 aromatic rings. The molecule has 4 N–H and O–H groups in total. The summed E-state index contributed by atoms with van der Waals surface area (Å²) in [6, 6.07) is 0. The molecule has 0 saturated heterocycles. The zero-order valence-corrected chi connectivity index (χ0v) is 36.5. The number of aliphatic hydroxyl groups is 1. The summed E-state index contributed by atoms with van der Waals surface area (Å²) >= 11 is 0. The average molecular weight is 822 g/mol. The van der Waals surface area contributed by atoms with Crippen LogP contribution in [0.4, 0.5) is 0 Å². The summed E-state index contributed by atoms with van der Waals surface area (Å²) in [4.78, 5) is 35.0. The molecule has 0 aliphatic carbocycles. The molecule has 1 aromatic heterocycles. The van der Waals surface area contributed by atoms with E-state index in [1.807, 2.05) is 24.3 Å². The Balaban J connectivity index is 2.34. The van der Waals surface area contributed by atoms with E-state index in [1.165, 1.54) is 30.4 Å². The third kappa shape index (κ3) is 28.3. The lowest BCUT2D eigenvalue weighted by atomic mass is 10.0. The Morgan fingerprint density at radius 3 is 1.91 bits per heavy atom. The predicted molar refractivity (Wildman–Crippen MR) is 229 cm³/mol. The second-order valence-corrected chi connectivity index (χ2v) is 16.1. The number of carbonyl (C=O) groups is 2. The van der Waals surface area contributed by atoms with Crippen molar-refractivity contribution in [2.45, 2.75) is 175 Å². The number of esters is 2. The smallest absolute Gasteiger partial charge is 0.466 e. The van der Waals surface area contributed by atoms with Crippen LogP contribution >= 0.6 is 7.82 Å². The number of carbonyl (C=O) groups excluding carboxylic acids is 2. The quantitative estimate of drug-likeness (QED) is 0.0255. The van der Waals surface area contributed by atoms with E-state index in [0.717, 1.165) is 95.0 Å². The Bertz CT molecular complexity index is 1370. The number of phosphoric acid groups is 1. The largest absolute Gasteiger partial charge is 0.472 e. The number of allylic oxidation sites excluding steroid dienone is 7. The zero-order valence-electron chi connectivity index (χ0n) is 35.6. The molecule has 326 valence electrons. The summed E-state index contributed by atoms with van der Waals surface area (Å²) in [6.45, 7) is 7.72. The molecular weight excluding hydrogens is 745 g/mol. The van der Waals surface area contributed by atoms with Gasteiger partial charge in [0, 0.05) is 32.2 Å². The van der Waals surface area contributed by atoms with Gasteiger partial charge in [0.15, 0.2) is 6.10 Å². The van der Waals surface area contributed by atoms with Gasteiger partial charge in [-0.25, -0.2) is 4.57 Å². The average Bonchev–Trinajstić information content (AvgIpc) is 3.46. The van der Waals surface area contributed by atoms with Crippen molar-refractivity contribution in [2.24, 2.45) is 5.73 Å². The van der Waals surface area contributed by atoms with E-state index in [9.17, 15) is 24.2 Å². The maximum Gasteiger partial charge on any atom is 0.472 e. The predicted octanol–water partition coefficient (Wildman–Crippen LogP) is 10.6. The molecule has 1 heterocycles. The lowest BCUT2D eigenvalue weighted by Gasteiger charge is -2.19. The van der Waals surface area contributed by atoms with Crippen LogP contribution in [0, 0.1) is 13.8 Å². The monoisotopic (exact) mass is 822 g/mol. The van der Waals surface area contributed by atoms with Gasteiger partial charge in [-0.05, 0) is 82.8 Å². The maximum atomic E-state index is 12.7. The Morgan fingerprint density at radius 1 is 0.719 bits per heavy atom. The second kappa shape index (κ2) is 34.1. The topological polar surface area (TPSA) is 168 Å². The minimum Gasteiger partial charge on any atom is -0.466 e. The van der Waals surface area contributed by atoms with Crippen molar-refractivity contribution in [3.8, 4) is 0 Å². The summed E-state index contributed by atoms with van der Waals surface area (Å²) < 4.78 is 39.0. The first-order valence-corrected chi connectivity index (χ1v) is 23.1. The van der Waals surface area contributed by atoms with E-state index < -0.39 is 32.5 Å². The van der Waals surface area contributed by atoms with Crippen LogP contribution in [-0.2, 0) is 45.5 Å². The number of hydrogen-bond donors (Lipinski definition) is 3. The van der Waals surface area contributed by atoms with Gasteiger partial charge >= 0.3 is 19.8 Å². The number of aliphatic hydroxyl groups excluding tert-OH is 1. The molecule has 12 heteroatoms. The van der Waals surface area contributed by atoms with E-state index >= 15 is 0 Å². The van der Waals surface area contributed by atoms with Gasteiger partial charge in [0.25, 0.3) is 0 Å². The summed E-state index contributed by atoms with van der Waals surface area (Å²) in [5.41, 5.74) is 7.93. The Morgan fingerprint density at radius 2 is 1.28 bits per heavy atom. The third-order valence-corrected chi connectivity index (χ3v) is 10.5. The second-order valence-electron chi connectivity index (χ2n) is 14.6. The van der Waals surface area contributed by atoms with Gasteiger partial charge in [-0.15, -0.1) is 0 Å². The van der Waals surface area contributed by atoms with Crippen LogP contribution < -0.4 is 5.73 Å². The fourth-order valence-corrected chi connectivity index (χ4v) is 6.71. The number of nitrogens with two attached hydrogens (primary N) is 1. The number of hydrogen-bond acceptors (Lipinski definition) is 10. The summed E-state index contributed by atoms with van der Waals surface area (Å²) in [6.07, 6.45) is 33.2. The molecule has 1 rings (SSSR count). The van der Waals surface area contributed by atoms with Gasteiger partial charge < -0.3 is 29.6 Å². The van der Waals surface area contributed by atoms with Gasteiger partial charge in [0.05, 0.1) is 19.3 Å². The van der Waals surface area contributed by atoms with Gasteiger partial charge in [-0.2, -0.15) is 0 Å². The summed E-state index contributed by atoms with van der Waals surface area (Å²) in [5.74, 6) is 1.30. The van der Waals surface area contributed by atoms with Crippen molar-refractivity contribution in [2.75, 3.05) is 26.4 Å². The summed E-state index contributed by atoms with van der Waals surface area (Å²) in [7, 11) is -4.42. The highest BCUT2D eigenvalue weighted by Crippen LogP contribution is 2.43. The van der Waals surface area contributed by atoms with Gasteiger partial charge in [0.2, 0.25) is 0 Å². The standard InChI is InChI=1S/C45H76NO10P/c1-5-7-23-30-42-38(3)39(4)43(56-42)31-25-20-17-18-22-27-33-45(49)55-41(37-54-57(50,51)53-35-34-46)36-52-44(48)32-26-21-16-14-12-10-9-11-13-15-19-24-29-40(47)28-8-6-2/h9-10,13-16,24,29,40-41,47H,5-8,11-12,17-23,25-28,30-37,46H2,1-4H3,(H,50,51)/b10-9-,15-13-,16-14-,29-24-/t40-,41+/m0/s1. The van der Waals surface area contributed by atoms with Gasteiger partial charge in [-0.3, -0.25) is 18.6 Å². The highest BCUT2D eigenvalue weighted by molar-refractivity contribution is 7.47. The van der Waals surface area contributed by atoms with Crippen molar-refractivity contribution in [3.05, 3.63) is 71.3 Å². The highest BCUT2D eigenvalue weighted by Gasteiger charge is 2.26. The van der Waals surface area contributed by atoms with E-state index in [0.29, 0.717) is 19.3 Å². The van der Waals surface area contributed by atoms with Crippen LogP contribution in [0.25, 0.3) is 0 Å². The van der Waals surface area contributed by atoms with Crippen molar-refractivity contribution in [1.29, 1.82) is 0 Å². The molecule has 0 aliphatic rings. The van der Waals surface area contributed by atoms with E-state index in [-0.39, 0.29) is 38.7 Å². The van der Waals surface area contributed by atoms with Crippen LogP contribution in [0.5, 0.6) is 0 Å². The van der Waals surface area contributed by atoms with Crippen molar-refractivity contribution in [1.82, 2.24) is 0 Å². The number of rotatable bonds is 36. The number of aryl methyl sites for hydroxylation is 2. The molecule has 0 aliphatic heterocycles. The molecule has 0 bridgehead atoms. The Labute approximate surface area is 344 Å². The van der Waals surface area contributed by atoms with Crippen LogP contribution in [0.3, 0.4) is 0 Å². The fraction of sp³-hybridized carbons (Fsp3) is 0.689. The van der Waals surface area contributed by atoms with Gasteiger partial charge in [0.1, 0.15) is 18.1 Å². The Kier molecular flexibility index (Phi) is 31.3. The number of ether oxygens (including phenoxy) is 2. The van der Waals surface area contributed by atoms with Crippen LogP contribution in [0.1, 0.15) is 158 Å². The number of unbranched alkanes of at least 4 members (excludes halogenated alkanes) is 9. The molecule has 0 radical (unpaired) electrons. The van der Waals surface area contributed by atoms with Crippen LogP contribution in [0.15, 0.2) is 53.0 Å². The van der Waals surface area contributed by atoms with E-state index in [4.69, 9.17) is 28.7 Å². The molecule has 0 spiro atoms. The zero-order chi connectivity index (χ0) is 42.0. The molecular formula is C45H76NO10P. The van der Waals surface area contributed by atoms with Crippen LogP contribution in [0.2, 0.25) is 0 Å². The number of furan rings is 1. The Hall–Kier alpha value is -2.79. The minimum absolute atomic E-state index is 0.0297. The normalized spacial score (nSPS) is 14.3. The summed E-state index contributed by atoms with van der Waals surface area (Å²) in [5, 5.41) is 9.81. The SMILES string of the molecule is CCCCCc1oc(CCCCCCCCC(=O)O[C@H](COC(=O)CCC/C=C\C/C=C\C/C=C\C/C=C\[C@@H](O)CCCC)COP(=O)(O)OCCN)c(C)c1C. The molecule has 3 atom stereocenters. The first kappa shape index (κ1) is 52.2. The van der Waals surface area contributed by atoms with Crippen molar-refractivity contribution < 1.29 is 47.1 Å². The fourth-order valence-electron chi connectivity index (χ4n) is 5.94. The minimum atomic E-state index is -4.42. The van der Waals surface area contributed by atoms with Crippen molar-refractivity contribution >= 4 is 19.8 Å². The van der Waals surface area contributed by atoms with Gasteiger partial charge in [-0.1, -0.05) is 114 Å².